The van der Waals surface area contributed by atoms with Gasteiger partial charge >= 0.3 is 0 Å². The molecule has 102 valence electrons. The zero-order valence-electron chi connectivity index (χ0n) is 11.8. The highest BCUT2D eigenvalue weighted by atomic mass is 15.3. The average molecular weight is 260 g/mol. The minimum Gasteiger partial charge on any atom is -0.325 e. The van der Waals surface area contributed by atoms with Gasteiger partial charge in [0.15, 0.2) is 5.82 Å². The fourth-order valence-electron chi connectivity index (χ4n) is 2.05. The first-order chi connectivity index (χ1) is 9.08. The van der Waals surface area contributed by atoms with Crippen LogP contribution in [-0.4, -0.2) is 19.5 Å². The van der Waals surface area contributed by atoms with Gasteiger partial charge in [-0.1, -0.05) is 6.92 Å². The molecule has 0 atom stereocenters. The molecular weight excluding hydrogens is 240 g/mol. The van der Waals surface area contributed by atoms with Gasteiger partial charge in [0.25, 0.3) is 0 Å². The first kappa shape index (κ1) is 13.5. The predicted molar refractivity (Wildman–Crippen MR) is 75.6 cm³/mol. The van der Waals surface area contributed by atoms with E-state index in [0.717, 1.165) is 23.4 Å². The Morgan fingerprint density at radius 2 is 2.11 bits per heavy atom. The smallest absolute Gasteiger partial charge is 0.180 e. The maximum atomic E-state index is 5.53. The second-order valence-corrected chi connectivity index (χ2v) is 4.75. The zero-order chi connectivity index (χ0) is 14.0. The van der Waals surface area contributed by atoms with Crippen LogP contribution in [0.3, 0.4) is 0 Å². The van der Waals surface area contributed by atoms with Gasteiger partial charge in [0.1, 0.15) is 11.5 Å². The van der Waals surface area contributed by atoms with Crippen LogP contribution >= 0.6 is 0 Å². The Hall–Kier alpha value is -1.95. The second-order valence-electron chi connectivity index (χ2n) is 4.75. The van der Waals surface area contributed by atoms with Gasteiger partial charge in [0, 0.05) is 17.3 Å². The van der Waals surface area contributed by atoms with Gasteiger partial charge in [0.05, 0.1) is 12.5 Å². The van der Waals surface area contributed by atoms with Gasteiger partial charge in [-0.3, -0.25) is 0 Å². The molecular formula is C13H20N6. The number of nitrogen functional groups attached to an aromatic ring is 1. The number of nitrogens with zero attached hydrogens (tertiary/aromatic N) is 4. The fourth-order valence-corrected chi connectivity index (χ4v) is 2.05. The Bertz CT molecular complexity index is 547. The van der Waals surface area contributed by atoms with Crippen molar-refractivity contribution < 1.29 is 0 Å². The zero-order valence-corrected chi connectivity index (χ0v) is 11.8. The van der Waals surface area contributed by atoms with Gasteiger partial charge in [0.2, 0.25) is 0 Å². The topological polar surface area (TPSA) is 81.7 Å². The van der Waals surface area contributed by atoms with Crippen molar-refractivity contribution in [1.29, 1.82) is 0 Å². The normalized spacial score (nSPS) is 11.1. The Morgan fingerprint density at radius 1 is 1.37 bits per heavy atom. The summed E-state index contributed by atoms with van der Waals surface area (Å²) in [7, 11) is 0. The van der Waals surface area contributed by atoms with Crippen molar-refractivity contribution in [3.05, 3.63) is 23.8 Å². The molecule has 0 fully saturated rings. The minimum atomic E-state index is 0.307. The standard InChI is InChI=1S/C13H20N6/c1-5-10-9(4)12(18-14)17-13(16-10)11-6-15-7-19(11)8(2)3/h6-8H,5,14H2,1-4H3,(H,16,17,18). The summed E-state index contributed by atoms with van der Waals surface area (Å²) in [6.45, 7) is 8.24. The molecule has 0 radical (unpaired) electrons. The van der Waals surface area contributed by atoms with Crippen molar-refractivity contribution in [3.63, 3.8) is 0 Å². The largest absolute Gasteiger partial charge is 0.325 e. The Kier molecular flexibility index (Phi) is 3.80. The van der Waals surface area contributed by atoms with E-state index in [0.29, 0.717) is 17.7 Å². The number of anilines is 1. The number of nitrogens with one attached hydrogen (secondary N) is 1. The molecule has 0 bridgehead atoms. The third-order valence-electron chi connectivity index (χ3n) is 3.17. The second kappa shape index (κ2) is 5.36. The number of imidazole rings is 1. The summed E-state index contributed by atoms with van der Waals surface area (Å²) in [5, 5.41) is 0. The van der Waals surface area contributed by atoms with Crippen LogP contribution in [0.5, 0.6) is 0 Å². The summed E-state index contributed by atoms with van der Waals surface area (Å²) in [6.07, 6.45) is 4.42. The molecule has 0 aromatic carbocycles. The van der Waals surface area contributed by atoms with E-state index in [-0.39, 0.29) is 0 Å². The molecule has 2 aromatic rings. The van der Waals surface area contributed by atoms with E-state index in [2.05, 4.69) is 41.1 Å². The first-order valence-corrected chi connectivity index (χ1v) is 6.44. The summed E-state index contributed by atoms with van der Waals surface area (Å²) in [5.41, 5.74) is 5.53. The Labute approximate surface area is 113 Å². The van der Waals surface area contributed by atoms with Crippen molar-refractivity contribution in [3.8, 4) is 11.5 Å². The Morgan fingerprint density at radius 3 is 2.68 bits per heavy atom. The van der Waals surface area contributed by atoms with Crippen LogP contribution in [0, 0.1) is 6.92 Å². The molecule has 6 nitrogen and oxygen atoms in total. The SMILES string of the molecule is CCc1nc(-c2cncn2C(C)C)nc(NN)c1C. The van der Waals surface area contributed by atoms with E-state index in [9.17, 15) is 0 Å². The lowest BCUT2D eigenvalue weighted by Gasteiger charge is -2.14. The summed E-state index contributed by atoms with van der Waals surface area (Å²) in [4.78, 5) is 13.3. The molecule has 0 aliphatic heterocycles. The van der Waals surface area contributed by atoms with Crippen molar-refractivity contribution in [2.45, 2.75) is 40.2 Å². The molecule has 0 saturated carbocycles. The number of hydrogen-bond donors (Lipinski definition) is 2. The average Bonchev–Trinajstić information content (AvgIpc) is 2.88. The molecule has 2 heterocycles. The van der Waals surface area contributed by atoms with Crippen LogP contribution in [0.1, 0.15) is 38.1 Å². The highest BCUT2D eigenvalue weighted by Gasteiger charge is 2.14. The monoisotopic (exact) mass is 260 g/mol. The third kappa shape index (κ3) is 2.44. The molecule has 0 amide bonds. The van der Waals surface area contributed by atoms with Gasteiger partial charge in [-0.05, 0) is 27.2 Å². The lowest BCUT2D eigenvalue weighted by atomic mass is 10.2. The molecule has 0 saturated heterocycles. The number of hydrazine groups is 1. The van der Waals surface area contributed by atoms with Crippen LogP contribution in [0.2, 0.25) is 0 Å². The number of rotatable bonds is 4. The number of hydrogen-bond acceptors (Lipinski definition) is 5. The number of aryl methyl sites for hydroxylation is 1. The molecule has 6 heteroatoms. The van der Waals surface area contributed by atoms with E-state index in [1.54, 1.807) is 12.5 Å². The molecule has 3 N–H and O–H groups in total. The highest BCUT2D eigenvalue weighted by molar-refractivity contribution is 5.56. The van der Waals surface area contributed by atoms with Gasteiger partial charge in [-0.2, -0.15) is 0 Å². The lowest BCUT2D eigenvalue weighted by Crippen LogP contribution is -2.14. The van der Waals surface area contributed by atoms with Crippen molar-refractivity contribution in [2.24, 2.45) is 5.84 Å². The number of aromatic nitrogens is 4. The van der Waals surface area contributed by atoms with Crippen LogP contribution in [0.25, 0.3) is 11.5 Å². The summed E-state index contributed by atoms with van der Waals surface area (Å²) in [6, 6.07) is 0.307. The minimum absolute atomic E-state index is 0.307. The van der Waals surface area contributed by atoms with Gasteiger partial charge in [-0.25, -0.2) is 20.8 Å². The van der Waals surface area contributed by atoms with Crippen molar-refractivity contribution >= 4 is 5.82 Å². The lowest BCUT2D eigenvalue weighted by molar-refractivity contribution is 0.603. The Balaban J connectivity index is 2.59. The predicted octanol–water partition coefficient (Wildman–Crippen LogP) is 2.08. The van der Waals surface area contributed by atoms with Crippen molar-refractivity contribution in [2.75, 3.05) is 5.43 Å². The fraction of sp³-hybridized carbons (Fsp3) is 0.462. The quantitative estimate of drug-likeness (QED) is 0.649. The first-order valence-electron chi connectivity index (χ1n) is 6.44. The summed E-state index contributed by atoms with van der Waals surface area (Å²) >= 11 is 0. The van der Waals surface area contributed by atoms with Crippen LogP contribution in [0.15, 0.2) is 12.5 Å². The third-order valence-corrected chi connectivity index (χ3v) is 3.17. The van der Waals surface area contributed by atoms with Gasteiger partial charge < -0.3 is 9.99 Å². The summed E-state index contributed by atoms with van der Waals surface area (Å²) in [5.74, 6) is 6.85. The molecule has 0 unspecified atom stereocenters. The van der Waals surface area contributed by atoms with E-state index in [4.69, 9.17) is 5.84 Å². The van der Waals surface area contributed by atoms with E-state index < -0.39 is 0 Å². The molecule has 2 aromatic heterocycles. The van der Waals surface area contributed by atoms with Crippen LogP contribution < -0.4 is 11.3 Å². The van der Waals surface area contributed by atoms with Crippen molar-refractivity contribution in [1.82, 2.24) is 19.5 Å². The van der Waals surface area contributed by atoms with Crippen LogP contribution in [-0.2, 0) is 6.42 Å². The number of nitrogens with two attached hydrogens (primary N) is 1. The highest BCUT2D eigenvalue weighted by Crippen LogP contribution is 2.23. The van der Waals surface area contributed by atoms with E-state index in [1.165, 1.54) is 0 Å². The molecule has 0 aliphatic rings. The summed E-state index contributed by atoms with van der Waals surface area (Å²) < 4.78 is 2.05. The van der Waals surface area contributed by atoms with E-state index in [1.807, 2.05) is 11.5 Å². The van der Waals surface area contributed by atoms with Gasteiger partial charge in [-0.15, -0.1) is 0 Å². The molecule has 2 rings (SSSR count). The molecule has 19 heavy (non-hydrogen) atoms. The van der Waals surface area contributed by atoms with Crippen LogP contribution in [0.4, 0.5) is 5.82 Å². The maximum absolute atomic E-state index is 5.53. The van der Waals surface area contributed by atoms with E-state index >= 15 is 0 Å². The maximum Gasteiger partial charge on any atom is 0.180 e. The molecule has 0 spiro atoms. The molecule has 0 aliphatic carbocycles.